The second-order valence-electron chi connectivity index (χ2n) is 8.33. The van der Waals surface area contributed by atoms with E-state index in [0.29, 0.717) is 37.3 Å². The van der Waals surface area contributed by atoms with Gasteiger partial charge in [0.1, 0.15) is 0 Å². The van der Waals surface area contributed by atoms with Crippen LogP contribution in [0.4, 0.5) is 11.4 Å². The van der Waals surface area contributed by atoms with Crippen molar-refractivity contribution in [3.8, 4) is 0 Å². The van der Waals surface area contributed by atoms with Crippen molar-refractivity contribution >= 4 is 43.2 Å². The summed E-state index contributed by atoms with van der Waals surface area (Å²) in [6.07, 6.45) is 4.95. The topological polar surface area (TPSA) is 151 Å². The first-order chi connectivity index (χ1) is 17.0. The number of rotatable bonds is 15. The van der Waals surface area contributed by atoms with Crippen molar-refractivity contribution in [2.75, 3.05) is 23.7 Å². The Balaban J connectivity index is 1.58. The van der Waals surface area contributed by atoms with Gasteiger partial charge in [0.05, 0.1) is 9.79 Å². The van der Waals surface area contributed by atoms with Crippen LogP contribution in [0.15, 0.2) is 58.3 Å². The lowest BCUT2D eigenvalue weighted by molar-refractivity contribution is -0.115. The SMILES string of the molecule is CC(=O)Nc1ccc(S(=O)(=O)NCCCCCCCCNS(=O)(=O)c2ccc(NC(C)=O)cc2)cc1. The van der Waals surface area contributed by atoms with Gasteiger partial charge in [0.2, 0.25) is 31.9 Å². The van der Waals surface area contributed by atoms with Gasteiger partial charge in [-0.2, -0.15) is 0 Å². The van der Waals surface area contributed by atoms with Gasteiger partial charge in [-0.05, 0) is 61.4 Å². The monoisotopic (exact) mass is 538 g/mol. The van der Waals surface area contributed by atoms with Gasteiger partial charge >= 0.3 is 0 Å². The number of nitrogens with one attached hydrogen (secondary N) is 4. The Morgan fingerprint density at radius 1 is 0.556 bits per heavy atom. The van der Waals surface area contributed by atoms with Crippen LogP contribution in [0.2, 0.25) is 0 Å². The largest absolute Gasteiger partial charge is 0.326 e. The maximum Gasteiger partial charge on any atom is 0.240 e. The molecule has 0 aliphatic rings. The summed E-state index contributed by atoms with van der Waals surface area (Å²) in [4.78, 5) is 22.4. The summed E-state index contributed by atoms with van der Waals surface area (Å²) < 4.78 is 54.5. The molecule has 0 bridgehead atoms. The fraction of sp³-hybridized carbons (Fsp3) is 0.417. The summed E-state index contributed by atoms with van der Waals surface area (Å²) >= 11 is 0. The van der Waals surface area contributed by atoms with Crippen molar-refractivity contribution in [2.24, 2.45) is 0 Å². The minimum absolute atomic E-state index is 0.141. The zero-order chi connectivity index (χ0) is 26.6. The Kier molecular flexibility index (Phi) is 11.5. The summed E-state index contributed by atoms with van der Waals surface area (Å²) in [5.74, 6) is -0.451. The highest BCUT2D eigenvalue weighted by atomic mass is 32.2. The van der Waals surface area contributed by atoms with Crippen LogP contribution in [0.5, 0.6) is 0 Å². The molecule has 0 radical (unpaired) electrons. The molecule has 2 aromatic rings. The third kappa shape index (κ3) is 10.4. The minimum Gasteiger partial charge on any atom is -0.326 e. The van der Waals surface area contributed by atoms with Gasteiger partial charge in [-0.1, -0.05) is 25.7 Å². The Morgan fingerprint density at radius 2 is 0.861 bits per heavy atom. The number of benzene rings is 2. The fourth-order valence-electron chi connectivity index (χ4n) is 3.38. The molecule has 2 rings (SSSR count). The van der Waals surface area contributed by atoms with Gasteiger partial charge in [0.15, 0.2) is 0 Å². The summed E-state index contributed by atoms with van der Waals surface area (Å²) in [6, 6.07) is 12.0. The molecule has 0 aliphatic heterocycles. The molecule has 198 valence electrons. The van der Waals surface area contributed by atoms with E-state index < -0.39 is 20.0 Å². The molecule has 2 amide bonds. The van der Waals surface area contributed by atoms with Gasteiger partial charge in [0, 0.05) is 38.3 Å². The van der Waals surface area contributed by atoms with E-state index >= 15 is 0 Å². The van der Waals surface area contributed by atoms with E-state index in [4.69, 9.17) is 0 Å². The van der Waals surface area contributed by atoms with Crippen molar-refractivity contribution < 1.29 is 26.4 Å². The molecule has 2 aromatic carbocycles. The molecule has 0 aliphatic carbocycles. The average molecular weight is 539 g/mol. The van der Waals surface area contributed by atoms with Crippen LogP contribution in [-0.2, 0) is 29.6 Å². The first-order valence-corrected chi connectivity index (χ1v) is 14.7. The maximum atomic E-state index is 12.3. The minimum atomic E-state index is -3.60. The highest BCUT2D eigenvalue weighted by Gasteiger charge is 2.14. The molecular weight excluding hydrogens is 504 g/mol. The number of hydrogen-bond acceptors (Lipinski definition) is 6. The van der Waals surface area contributed by atoms with Crippen LogP contribution >= 0.6 is 0 Å². The maximum absolute atomic E-state index is 12.3. The Hall–Kier alpha value is -2.80. The van der Waals surface area contributed by atoms with Crippen LogP contribution < -0.4 is 20.1 Å². The molecule has 0 unspecified atom stereocenters. The molecule has 12 heteroatoms. The second-order valence-corrected chi connectivity index (χ2v) is 11.9. The molecule has 4 N–H and O–H groups in total. The van der Waals surface area contributed by atoms with Gasteiger partial charge in [-0.15, -0.1) is 0 Å². The molecule has 0 atom stereocenters. The predicted octanol–water partition coefficient (Wildman–Crippen LogP) is 3.20. The lowest BCUT2D eigenvalue weighted by Crippen LogP contribution is -2.25. The summed E-state index contributed by atoms with van der Waals surface area (Å²) in [5, 5.41) is 5.18. The molecule has 0 fully saturated rings. The summed E-state index contributed by atoms with van der Waals surface area (Å²) in [7, 11) is -7.20. The van der Waals surface area contributed by atoms with Crippen molar-refractivity contribution in [3.63, 3.8) is 0 Å². The van der Waals surface area contributed by atoms with Crippen molar-refractivity contribution in [2.45, 2.75) is 62.2 Å². The fourth-order valence-corrected chi connectivity index (χ4v) is 5.53. The molecule has 0 saturated heterocycles. The first kappa shape index (κ1) is 29.4. The number of amides is 2. The van der Waals surface area contributed by atoms with Crippen LogP contribution in [-0.4, -0.2) is 41.7 Å². The second kappa shape index (κ2) is 14.1. The van der Waals surface area contributed by atoms with Crippen molar-refractivity contribution in [1.82, 2.24) is 9.44 Å². The quantitative estimate of drug-likeness (QED) is 0.256. The lowest BCUT2D eigenvalue weighted by atomic mass is 10.1. The van der Waals surface area contributed by atoms with E-state index in [1.807, 2.05) is 0 Å². The zero-order valence-corrected chi connectivity index (χ0v) is 22.2. The van der Waals surface area contributed by atoms with Crippen molar-refractivity contribution in [1.29, 1.82) is 0 Å². The number of carbonyl (C=O) groups excluding carboxylic acids is 2. The van der Waals surface area contributed by atoms with E-state index in [1.165, 1.54) is 38.1 Å². The Labute approximate surface area is 213 Å². The normalized spacial score (nSPS) is 11.7. The van der Waals surface area contributed by atoms with Gasteiger partial charge < -0.3 is 10.6 Å². The van der Waals surface area contributed by atoms with Gasteiger partial charge in [0.25, 0.3) is 0 Å². The summed E-state index contributed by atoms with van der Waals surface area (Å²) in [5.41, 5.74) is 1.07. The smallest absolute Gasteiger partial charge is 0.240 e. The van der Waals surface area contributed by atoms with E-state index in [-0.39, 0.29) is 21.6 Å². The lowest BCUT2D eigenvalue weighted by Gasteiger charge is -2.09. The predicted molar refractivity (Wildman–Crippen MR) is 140 cm³/mol. The molecule has 0 heterocycles. The van der Waals surface area contributed by atoms with Crippen LogP contribution in [0, 0.1) is 0 Å². The van der Waals surface area contributed by atoms with Gasteiger partial charge in [-0.3, -0.25) is 9.59 Å². The standard InChI is InChI=1S/C24H34N4O6S2/c1-19(29)27-21-9-13-23(14-10-21)35(31,32)25-17-7-5-3-4-6-8-18-26-36(33,34)24-15-11-22(12-16-24)28-20(2)30/h9-16,25-26H,3-8,17-18H2,1-2H3,(H,27,29)(H,28,30). The van der Waals surface area contributed by atoms with Crippen molar-refractivity contribution in [3.05, 3.63) is 48.5 Å². The highest BCUT2D eigenvalue weighted by Crippen LogP contribution is 2.15. The highest BCUT2D eigenvalue weighted by molar-refractivity contribution is 7.89. The number of hydrogen-bond donors (Lipinski definition) is 4. The van der Waals surface area contributed by atoms with E-state index in [1.54, 1.807) is 24.3 Å². The summed E-state index contributed by atoms with van der Waals surface area (Å²) in [6.45, 7) is 3.42. The number of anilines is 2. The van der Waals surface area contributed by atoms with Gasteiger partial charge in [-0.25, -0.2) is 26.3 Å². The van der Waals surface area contributed by atoms with Crippen LogP contribution in [0.1, 0.15) is 52.4 Å². The van der Waals surface area contributed by atoms with Crippen LogP contribution in [0.3, 0.4) is 0 Å². The van der Waals surface area contributed by atoms with E-state index in [2.05, 4.69) is 20.1 Å². The number of sulfonamides is 2. The molecule has 0 aromatic heterocycles. The van der Waals surface area contributed by atoms with Crippen LogP contribution in [0.25, 0.3) is 0 Å². The molecule has 10 nitrogen and oxygen atoms in total. The molecule has 0 spiro atoms. The molecular formula is C24H34N4O6S2. The zero-order valence-electron chi connectivity index (χ0n) is 20.5. The first-order valence-electron chi connectivity index (χ1n) is 11.7. The average Bonchev–Trinajstić information content (AvgIpc) is 2.80. The number of unbranched alkanes of at least 4 members (excludes halogenated alkanes) is 5. The van der Waals surface area contributed by atoms with E-state index in [9.17, 15) is 26.4 Å². The molecule has 0 saturated carbocycles. The van der Waals surface area contributed by atoms with E-state index in [0.717, 1.165) is 25.7 Å². The number of carbonyl (C=O) groups is 2. The third-order valence-corrected chi connectivity index (χ3v) is 8.11. The third-order valence-electron chi connectivity index (χ3n) is 5.16. The Bertz CT molecular complexity index is 1110. The molecule has 36 heavy (non-hydrogen) atoms. The Morgan fingerprint density at radius 3 is 1.17 bits per heavy atom.